The molecule has 0 bridgehead atoms. The zero-order valence-corrected chi connectivity index (χ0v) is 74.4. The Kier molecular flexibility index (Phi) is 24.4. The van der Waals surface area contributed by atoms with E-state index >= 15 is 0 Å². The molecule has 0 radical (unpaired) electrons. The van der Waals surface area contributed by atoms with Crippen LogP contribution in [0.3, 0.4) is 0 Å². The van der Waals surface area contributed by atoms with Gasteiger partial charge in [0.1, 0.15) is 81.5 Å². The molecule has 0 saturated carbocycles. The molecule has 10 heterocycles. The molecule has 10 aromatic heterocycles. The first kappa shape index (κ1) is 87.3. The second-order valence-electron chi connectivity index (χ2n) is 32.5. The van der Waals surface area contributed by atoms with Crippen LogP contribution in [0.2, 0.25) is 0 Å². The van der Waals surface area contributed by atoms with Gasteiger partial charge in [-0.05, 0) is 211 Å². The first-order chi connectivity index (χ1) is 63.7. The topological polar surface area (TPSA) is 308 Å². The van der Waals surface area contributed by atoms with Crippen LogP contribution in [0.4, 0.5) is 0 Å². The Morgan fingerprint density at radius 3 is 0.803 bits per heavy atom. The minimum atomic E-state index is -1.04. The van der Waals surface area contributed by atoms with Gasteiger partial charge in [0.15, 0.2) is 11.6 Å². The zero-order valence-electron chi connectivity index (χ0n) is 74.4. The minimum absolute atomic E-state index is 0.140. The van der Waals surface area contributed by atoms with Gasteiger partial charge in [-0.1, -0.05) is 182 Å². The van der Waals surface area contributed by atoms with E-state index in [1.807, 2.05) is 368 Å². The van der Waals surface area contributed by atoms with Gasteiger partial charge in [-0.25, -0.2) is 59.0 Å². The lowest BCUT2D eigenvalue weighted by Gasteiger charge is -2.18. The molecule has 132 heavy (non-hydrogen) atoms. The fourth-order valence-corrected chi connectivity index (χ4v) is 16.7. The third kappa shape index (κ3) is 17.3. The fourth-order valence-electron chi connectivity index (χ4n) is 16.7. The molecule has 0 aliphatic rings. The van der Waals surface area contributed by atoms with E-state index in [1.54, 1.807) is 24.3 Å². The summed E-state index contributed by atoms with van der Waals surface area (Å²) >= 11 is 0. The van der Waals surface area contributed by atoms with E-state index in [4.69, 9.17) is 58.8 Å². The number of aryl methyl sites for hydroxylation is 8. The molecular weight excluding hydrogens is 1660 g/mol. The van der Waals surface area contributed by atoms with Crippen LogP contribution in [0.15, 0.2) is 291 Å². The van der Waals surface area contributed by atoms with Crippen molar-refractivity contribution in [3.05, 3.63) is 370 Å². The van der Waals surface area contributed by atoms with Gasteiger partial charge in [0.05, 0.1) is 99.3 Å². The summed E-state index contributed by atoms with van der Waals surface area (Å²) in [5.74, 6) is -0.934. The van der Waals surface area contributed by atoms with Crippen LogP contribution in [0, 0.1) is 41.5 Å². The summed E-state index contributed by atoms with van der Waals surface area (Å²) in [5, 5.41) is 42.5. The molecule has 4 atom stereocenters. The van der Waals surface area contributed by atoms with Crippen LogP contribution in [-0.2, 0) is 14.1 Å². The Morgan fingerprint density at radius 1 is 0.288 bits per heavy atom. The first-order valence-electron chi connectivity index (χ1n) is 43.0. The SMILES string of the molecule is Cc1ccc(O[C@@H](C)c2ccccc2)c2c(C(=O)O)cc(-c3nc4ccccc4n3C)nc12.Cc1ccc(O[C@@H](C)c2ccccc2)c2c(C(=O)O)cc(-c3nc4ccccn4c3C)nc12.Cc1ccc(O[C@H](C)c2ccccc2)c2c(C(=O)O)cc(-c3nc4ccccc4n3C)nc12.Cc1ccc(O[C@H](C)c2ccccc2)c2c(C(=O)O)cc(-c3nc4ccccn4c3C)nc12. The minimum Gasteiger partial charge on any atom is -0.485 e. The number of ether oxygens (including phenoxy) is 4. The highest BCUT2D eigenvalue weighted by molar-refractivity contribution is 6.11. The lowest BCUT2D eigenvalue weighted by molar-refractivity contribution is 0.0688. The highest BCUT2D eigenvalue weighted by Crippen LogP contribution is 2.43. The quantitative estimate of drug-likeness (QED) is 0.0551. The molecule has 0 unspecified atom stereocenters. The van der Waals surface area contributed by atoms with Crippen LogP contribution in [0.5, 0.6) is 23.0 Å². The number of aromatic carboxylic acids is 4. The van der Waals surface area contributed by atoms with Crippen molar-refractivity contribution in [3.8, 4) is 68.8 Å². The second-order valence-corrected chi connectivity index (χ2v) is 32.5. The molecule has 0 aliphatic heterocycles. The van der Waals surface area contributed by atoms with Crippen molar-refractivity contribution < 1.29 is 58.6 Å². The Labute approximate surface area is 759 Å². The summed E-state index contributed by atoms with van der Waals surface area (Å²) in [6, 6.07) is 87.7. The predicted molar refractivity (Wildman–Crippen MR) is 513 cm³/mol. The maximum atomic E-state index is 12.4. The third-order valence-corrected chi connectivity index (χ3v) is 23.8. The Morgan fingerprint density at radius 2 is 0.538 bits per heavy atom. The fraction of sp³-hybridized carbons (Fsp3) is 0.148. The normalized spacial score (nSPS) is 12.2. The van der Waals surface area contributed by atoms with Crippen LogP contribution >= 0.6 is 0 Å². The van der Waals surface area contributed by atoms with Gasteiger partial charge in [-0.2, -0.15) is 0 Å². The molecule has 656 valence electrons. The summed E-state index contributed by atoms with van der Waals surface area (Å²) < 4.78 is 32.8. The van der Waals surface area contributed by atoms with E-state index in [1.165, 1.54) is 0 Å². The average molecular weight is 1750 g/mol. The van der Waals surface area contributed by atoms with Crippen molar-refractivity contribution in [2.75, 3.05) is 0 Å². The van der Waals surface area contributed by atoms with Crippen LogP contribution in [0.25, 0.3) is 123 Å². The van der Waals surface area contributed by atoms with Gasteiger partial charge >= 0.3 is 23.9 Å². The summed E-state index contributed by atoms with van der Waals surface area (Å²) in [5.41, 5.74) is 20.8. The number of carbonyl (C=O) groups is 4. The molecule has 0 fully saturated rings. The van der Waals surface area contributed by atoms with Gasteiger partial charge < -0.3 is 57.3 Å². The van der Waals surface area contributed by atoms with E-state index in [-0.39, 0.29) is 46.7 Å². The second kappa shape index (κ2) is 36.9. The van der Waals surface area contributed by atoms with Crippen LogP contribution in [-0.4, -0.2) is 102 Å². The Hall–Kier alpha value is -16.8. The number of para-hydroxylation sites is 4. The van der Waals surface area contributed by atoms with Crippen molar-refractivity contribution in [1.29, 1.82) is 0 Å². The van der Waals surface area contributed by atoms with E-state index in [2.05, 4.69) is 0 Å². The Balaban J connectivity index is 0.000000123. The number of carboxylic acid groups (broad SMARTS) is 4. The highest BCUT2D eigenvalue weighted by atomic mass is 16.5. The highest BCUT2D eigenvalue weighted by Gasteiger charge is 2.29. The molecule has 20 rings (SSSR count). The summed E-state index contributed by atoms with van der Waals surface area (Å²) in [7, 11) is 3.82. The maximum Gasteiger partial charge on any atom is 0.336 e. The molecule has 0 saturated heterocycles. The van der Waals surface area contributed by atoms with Crippen molar-refractivity contribution in [2.45, 2.75) is 93.7 Å². The number of aromatic nitrogens is 12. The standard InChI is InChI=1S/4C27H23N3O3/c2*1-16-12-13-22(33-18(3)19-9-5-4-6-10-19)24-20(27(31)32)15-21(28-25(16)24)26-17(2)30-14-8-7-11-23(30)29-26;2*1-16-13-14-23(33-17(2)18-9-5-4-6-10-18)24-19(27(31)32)15-21(28-25(16)24)26-29-20-11-7-8-12-22(20)30(26)3/h2*4-15,18H,1-3H3,(H,31,32);2*4-15,17H,1-3H3,(H,31,32)/t2*18-;2*17-/m1010/s1. The van der Waals surface area contributed by atoms with Gasteiger partial charge in [-0.3, -0.25) is 0 Å². The summed E-state index contributed by atoms with van der Waals surface area (Å²) in [4.78, 5) is 87.7. The van der Waals surface area contributed by atoms with E-state index in [0.717, 1.165) is 89.3 Å². The smallest absolute Gasteiger partial charge is 0.336 e. The lowest BCUT2D eigenvalue weighted by Crippen LogP contribution is -2.07. The third-order valence-electron chi connectivity index (χ3n) is 23.8. The van der Waals surface area contributed by atoms with Gasteiger partial charge in [0, 0.05) is 37.9 Å². The van der Waals surface area contributed by atoms with Crippen molar-refractivity contribution in [1.82, 2.24) is 57.8 Å². The number of carboxylic acids is 4. The molecule has 10 aromatic carbocycles. The van der Waals surface area contributed by atoms with Gasteiger partial charge in [-0.15, -0.1) is 0 Å². The molecule has 24 heteroatoms. The van der Waals surface area contributed by atoms with E-state index < -0.39 is 23.9 Å². The van der Waals surface area contributed by atoms with E-state index in [0.29, 0.717) is 112 Å². The average Bonchev–Trinajstić information content (AvgIpc) is 0.992. The number of imidazole rings is 4. The summed E-state index contributed by atoms with van der Waals surface area (Å²) in [6.07, 6.45) is 2.86. The number of hydrogen-bond acceptors (Lipinski definition) is 16. The summed E-state index contributed by atoms with van der Waals surface area (Å²) in [6.45, 7) is 19.4. The maximum absolute atomic E-state index is 12.4. The molecule has 20 aromatic rings. The van der Waals surface area contributed by atoms with Gasteiger partial charge in [0.25, 0.3) is 0 Å². The molecular formula is C108H92N12O12. The number of rotatable bonds is 20. The molecule has 24 nitrogen and oxygen atoms in total. The van der Waals surface area contributed by atoms with Gasteiger partial charge in [0.2, 0.25) is 0 Å². The van der Waals surface area contributed by atoms with Crippen molar-refractivity contribution in [2.24, 2.45) is 14.1 Å². The molecule has 0 spiro atoms. The number of fused-ring (bicyclic) bond motifs is 8. The molecule has 0 aliphatic carbocycles. The van der Waals surface area contributed by atoms with Crippen LogP contribution in [0.1, 0.15) is 149 Å². The number of benzene rings is 10. The number of pyridine rings is 6. The zero-order chi connectivity index (χ0) is 92.4. The first-order valence-corrected chi connectivity index (χ1v) is 43.0. The Bertz CT molecular complexity index is 6950. The number of hydrogen-bond donors (Lipinski definition) is 4. The predicted octanol–water partition coefficient (Wildman–Crippen LogP) is 23.9. The van der Waals surface area contributed by atoms with E-state index in [9.17, 15) is 39.6 Å². The number of nitrogens with zero attached hydrogens (tertiary/aromatic N) is 12. The van der Waals surface area contributed by atoms with Crippen molar-refractivity contribution >= 4 is 101 Å². The lowest BCUT2D eigenvalue weighted by atomic mass is 10.0. The van der Waals surface area contributed by atoms with Crippen LogP contribution < -0.4 is 18.9 Å². The molecule has 0 amide bonds. The van der Waals surface area contributed by atoms with Crippen molar-refractivity contribution in [3.63, 3.8) is 0 Å². The monoisotopic (exact) mass is 1750 g/mol. The molecule has 4 N–H and O–H groups in total. The largest absolute Gasteiger partial charge is 0.485 e.